The Bertz CT molecular complexity index is 602. The van der Waals surface area contributed by atoms with E-state index in [1.807, 2.05) is 30.5 Å². The molecule has 1 atom stereocenters. The van der Waals surface area contributed by atoms with Crippen LogP contribution in [0.25, 0.3) is 0 Å². The molecule has 0 radical (unpaired) electrons. The van der Waals surface area contributed by atoms with Crippen LogP contribution < -0.4 is 0 Å². The Balaban J connectivity index is 2.23. The van der Waals surface area contributed by atoms with Gasteiger partial charge in [-0.25, -0.2) is 0 Å². The van der Waals surface area contributed by atoms with Crippen molar-refractivity contribution in [3.05, 3.63) is 69.7 Å². The van der Waals surface area contributed by atoms with Gasteiger partial charge in [0.05, 0.1) is 6.04 Å². The Labute approximate surface area is 120 Å². The standard InChI is InChI=1S/C17H18ClN/c1-12-8-9-13(2)15(10-12)11-19-14(3)16-6-4-5-7-17(16)18/h4-11,14H,1-3H3. The molecular weight excluding hydrogens is 254 g/mol. The van der Waals surface area contributed by atoms with Crippen LogP contribution in [0.15, 0.2) is 47.5 Å². The average molecular weight is 272 g/mol. The third-order valence-corrected chi connectivity index (χ3v) is 3.57. The Kier molecular flexibility index (Phi) is 4.39. The van der Waals surface area contributed by atoms with Crippen molar-refractivity contribution in [1.82, 2.24) is 0 Å². The molecule has 0 N–H and O–H groups in total. The van der Waals surface area contributed by atoms with E-state index in [9.17, 15) is 0 Å². The minimum absolute atomic E-state index is 0.0635. The number of aryl methyl sites for hydroxylation is 2. The normalized spacial score (nSPS) is 12.8. The van der Waals surface area contributed by atoms with Gasteiger partial charge in [0.25, 0.3) is 0 Å². The second-order valence-corrected chi connectivity index (χ2v) is 5.24. The first-order chi connectivity index (χ1) is 9.08. The average Bonchev–Trinajstić information content (AvgIpc) is 2.40. The third-order valence-electron chi connectivity index (χ3n) is 3.23. The molecule has 0 spiro atoms. The molecule has 19 heavy (non-hydrogen) atoms. The molecule has 2 heteroatoms. The summed E-state index contributed by atoms with van der Waals surface area (Å²) in [7, 11) is 0. The van der Waals surface area contributed by atoms with Crippen molar-refractivity contribution in [2.75, 3.05) is 0 Å². The van der Waals surface area contributed by atoms with Gasteiger partial charge in [-0.15, -0.1) is 0 Å². The first-order valence-corrected chi connectivity index (χ1v) is 6.80. The highest BCUT2D eigenvalue weighted by Crippen LogP contribution is 2.25. The van der Waals surface area contributed by atoms with Gasteiger partial charge >= 0.3 is 0 Å². The number of aliphatic imine (C=N–C) groups is 1. The predicted octanol–water partition coefficient (Wildman–Crippen LogP) is 5.14. The SMILES string of the molecule is Cc1ccc(C)c(C=NC(C)c2ccccc2Cl)c1. The monoisotopic (exact) mass is 271 g/mol. The zero-order valence-corrected chi connectivity index (χ0v) is 12.3. The molecule has 0 aliphatic rings. The number of rotatable bonds is 3. The van der Waals surface area contributed by atoms with Gasteiger partial charge in [-0.3, -0.25) is 4.99 Å². The summed E-state index contributed by atoms with van der Waals surface area (Å²) in [6, 6.07) is 14.3. The minimum Gasteiger partial charge on any atom is -0.285 e. The van der Waals surface area contributed by atoms with Crippen molar-refractivity contribution in [2.45, 2.75) is 26.8 Å². The molecule has 1 nitrogen and oxygen atoms in total. The number of benzene rings is 2. The van der Waals surface area contributed by atoms with Gasteiger partial charge in [-0.1, -0.05) is 53.6 Å². The zero-order valence-electron chi connectivity index (χ0n) is 11.5. The van der Waals surface area contributed by atoms with Crippen molar-refractivity contribution < 1.29 is 0 Å². The van der Waals surface area contributed by atoms with E-state index in [4.69, 9.17) is 11.6 Å². The lowest BCUT2D eigenvalue weighted by atomic mass is 10.1. The van der Waals surface area contributed by atoms with E-state index in [1.165, 1.54) is 16.7 Å². The smallest absolute Gasteiger partial charge is 0.0735 e. The summed E-state index contributed by atoms with van der Waals surface area (Å²) in [6.07, 6.45) is 1.94. The van der Waals surface area contributed by atoms with E-state index < -0.39 is 0 Å². The molecule has 0 aromatic heterocycles. The van der Waals surface area contributed by atoms with Gasteiger partial charge in [0.1, 0.15) is 0 Å². The highest BCUT2D eigenvalue weighted by atomic mass is 35.5. The van der Waals surface area contributed by atoms with Crippen molar-refractivity contribution in [3.63, 3.8) is 0 Å². The highest BCUT2D eigenvalue weighted by molar-refractivity contribution is 6.31. The van der Waals surface area contributed by atoms with Crippen LogP contribution in [0.4, 0.5) is 0 Å². The molecule has 2 aromatic carbocycles. The van der Waals surface area contributed by atoms with Crippen LogP contribution in [0.3, 0.4) is 0 Å². The fourth-order valence-corrected chi connectivity index (χ4v) is 2.28. The Hall–Kier alpha value is -1.60. The topological polar surface area (TPSA) is 12.4 Å². The molecule has 2 aromatic rings. The summed E-state index contributed by atoms with van der Waals surface area (Å²) < 4.78 is 0. The predicted molar refractivity (Wildman–Crippen MR) is 83.4 cm³/mol. The van der Waals surface area contributed by atoms with Crippen molar-refractivity contribution in [1.29, 1.82) is 0 Å². The fourth-order valence-electron chi connectivity index (χ4n) is 1.99. The maximum absolute atomic E-state index is 6.18. The molecule has 0 saturated carbocycles. The van der Waals surface area contributed by atoms with E-state index in [-0.39, 0.29) is 6.04 Å². The molecule has 0 amide bonds. The second-order valence-electron chi connectivity index (χ2n) is 4.84. The van der Waals surface area contributed by atoms with Crippen LogP contribution in [0, 0.1) is 13.8 Å². The molecule has 0 heterocycles. The summed E-state index contributed by atoms with van der Waals surface area (Å²) in [4.78, 5) is 4.62. The molecule has 0 aliphatic carbocycles. The first-order valence-electron chi connectivity index (χ1n) is 6.43. The van der Waals surface area contributed by atoms with Gasteiger partial charge < -0.3 is 0 Å². The molecule has 0 saturated heterocycles. The Morgan fingerprint density at radius 3 is 2.58 bits per heavy atom. The molecule has 0 fully saturated rings. The quantitative estimate of drug-likeness (QED) is 0.686. The van der Waals surface area contributed by atoms with E-state index in [1.54, 1.807) is 0 Å². The number of halogens is 1. The van der Waals surface area contributed by atoms with E-state index in [2.05, 4.69) is 44.0 Å². The van der Waals surface area contributed by atoms with Crippen LogP contribution >= 0.6 is 11.6 Å². The third kappa shape index (κ3) is 3.45. The van der Waals surface area contributed by atoms with E-state index >= 15 is 0 Å². The van der Waals surface area contributed by atoms with Crippen molar-refractivity contribution in [2.24, 2.45) is 4.99 Å². The fraction of sp³-hybridized carbons (Fsp3) is 0.235. The zero-order chi connectivity index (χ0) is 13.8. The van der Waals surface area contributed by atoms with E-state index in [0.717, 1.165) is 10.6 Å². The lowest BCUT2D eigenvalue weighted by Gasteiger charge is -2.09. The molecule has 98 valence electrons. The van der Waals surface area contributed by atoms with Crippen LogP contribution in [-0.2, 0) is 0 Å². The lowest BCUT2D eigenvalue weighted by molar-refractivity contribution is 0.825. The summed E-state index contributed by atoms with van der Waals surface area (Å²) in [5.41, 5.74) is 4.71. The van der Waals surface area contributed by atoms with Gasteiger partial charge in [-0.05, 0) is 43.5 Å². The second kappa shape index (κ2) is 6.03. The Morgan fingerprint density at radius 2 is 1.84 bits per heavy atom. The number of hydrogen-bond donors (Lipinski definition) is 0. The van der Waals surface area contributed by atoms with Crippen molar-refractivity contribution >= 4 is 17.8 Å². The van der Waals surface area contributed by atoms with Crippen molar-refractivity contribution in [3.8, 4) is 0 Å². The van der Waals surface area contributed by atoms with Gasteiger partial charge in [0, 0.05) is 11.2 Å². The van der Waals surface area contributed by atoms with E-state index in [0.29, 0.717) is 0 Å². The van der Waals surface area contributed by atoms with Gasteiger partial charge in [-0.2, -0.15) is 0 Å². The number of nitrogens with zero attached hydrogens (tertiary/aromatic N) is 1. The summed E-state index contributed by atoms with van der Waals surface area (Å²) in [6.45, 7) is 6.25. The molecule has 2 rings (SSSR count). The lowest BCUT2D eigenvalue weighted by Crippen LogP contribution is -1.94. The maximum atomic E-state index is 6.18. The summed E-state index contributed by atoms with van der Waals surface area (Å²) in [5.74, 6) is 0. The van der Waals surface area contributed by atoms with Crippen LogP contribution in [-0.4, -0.2) is 6.21 Å². The van der Waals surface area contributed by atoms with Crippen LogP contribution in [0.5, 0.6) is 0 Å². The first kappa shape index (κ1) is 13.8. The Morgan fingerprint density at radius 1 is 1.11 bits per heavy atom. The van der Waals surface area contributed by atoms with Gasteiger partial charge in [0.15, 0.2) is 0 Å². The summed E-state index contributed by atoms with van der Waals surface area (Å²) in [5, 5.41) is 0.771. The minimum atomic E-state index is 0.0635. The summed E-state index contributed by atoms with van der Waals surface area (Å²) >= 11 is 6.18. The molecule has 0 bridgehead atoms. The maximum Gasteiger partial charge on any atom is 0.0735 e. The molecular formula is C17H18ClN. The number of hydrogen-bond acceptors (Lipinski definition) is 1. The van der Waals surface area contributed by atoms with Crippen LogP contribution in [0.2, 0.25) is 5.02 Å². The highest BCUT2D eigenvalue weighted by Gasteiger charge is 2.06. The molecule has 0 aliphatic heterocycles. The molecule has 1 unspecified atom stereocenters. The van der Waals surface area contributed by atoms with Crippen LogP contribution in [0.1, 0.15) is 35.2 Å². The van der Waals surface area contributed by atoms with Gasteiger partial charge in [0.2, 0.25) is 0 Å². The largest absolute Gasteiger partial charge is 0.285 e.